The highest BCUT2D eigenvalue weighted by molar-refractivity contribution is 7.45. The van der Waals surface area contributed by atoms with Crippen molar-refractivity contribution in [2.24, 2.45) is 0 Å². The maximum atomic E-state index is 12.2. The summed E-state index contributed by atoms with van der Waals surface area (Å²) in [5.41, 5.74) is 0. The van der Waals surface area contributed by atoms with Gasteiger partial charge in [0.2, 0.25) is 5.91 Å². The molecular formula is C38H79N2O6P. The van der Waals surface area contributed by atoms with E-state index in [2.05, 4.69) is 12.2 Å². The third kappa shape index (κ3) is 33.8. The van der Waals surface area contributed by atoms with Crippen molar-refractivity contribution < 1.29 is 32.9 Å². The number of likely N-dealkylation sites (N-methyl/N-ethyl adjacent to an activating group) is 1. The summed E-state index contributed by atoms with van der Waals surface area (Å²) in [6, 6.07) is -0.789. The Morgan fingerprint density at radius 3 is 1.40 bits per heavy atom. The molecule has 0 aliphatic rings. The summed E-state index contributed by atoms with van der Waals surface area (Å²) in [6.45, 7) is 4.37. The van der Waals surface area contributed by atoms with Gasteiger partial charge in [-0.1, -0.05) is 168 Å². The maximum absolute atomic E-state index is 12.2. The maximum Gasteiger partial charge on any atom is 0.268 e. The summed E-state index contributed by atoms with van der Waals surface area (Å²) in [5.74, 6) is -0.216. The van der Waals surface area contributed by atoms with Gasteiger partial charge in [0.05, 0.1) is 39.9 Å². The molecule has 0 spiro atoms. The first-order valence-electron chi connectivity index (χ1n) is 19.9. The fraction of sp³-hybridized carbons (Fsp3) is 0.974. The Bertz CT molecular complexity index is 748. The zero-order valence-electron chi connectivity index (χ0n) is 31.8. The van der Waals surface area contributed by atoms with Crippen LogP contribution in [0.15, 0.2) is 0 Å². The molecule has 0 aliphatic carbocycles. The van der Waals surface area contributed by atoms with Crippen molar-refractivity contribution in [1.29, 1.82) is 0 Å². The van der Waals surface area contributed by atoms with E-state index >= 15 is 0 Å². The van der Waals surface area contributed by atoms with Gasteiger partial charge < -0.3 is 28.8 Å². The number of hydrogen-bond donors (Lipinski definition) is 2. The summed E-state index contributed by atoms with van der Waals surface area (Å²) in [4.78, 5) is 24.4. The number of unbranched alkanes of at least 4 members (excludes halogenated alkanes) is 23. The number of quaternary nitrogens is 1. The Hall–Kier alpha value is -0.500. The minimum atomic E-state index is -4.52. The van der Waals surface area contributed by atoms with E-state index in [1.807, 2.05) is 28.1 Å². The summed E-state index contributed by atoms with van der Waals surface area (Å²) in [6.07, 6.45) is 32.8. The number of rotatable bonds is 36. The van der Waals surface area contributed by atoms with Crippen LogP contribution in [0.2, 0.25) is 0 Å². The zero-order chi connectivity index (χ0) is 35.1. The van der Waals surface area contributed by atoms with Crippen molar-refractivity contribution in [3.05, 3.63) is 0 Å². The Morgan fingerprint density at radius 2 is 1.04 bits per heavy atom. The number of aliphatic hydroxyl groups excluding tert-OH is 1. The van der Waals surface area contributed by atoms with Crippen LogP contribution in [0.5, 0.6) is 0 Å². The summed E-state index contributed by atoms with van der Waals surface area (Å²) in [7, 11) is 1.30. The Balaban J connectivity index is 3.80. The van der Waals surface area contributed by atoms with Gasteiger partial charge >= 0.3 is 0 Å². The number of nitrogens with one attached hydrogen (secondary N) is 1. The summed E-state index contributed by atoms with van der Waals surface area (Å²) >= 11 is 0. The SMILES string of the molecule is CCCCCCCCCCCCCCCCCCCCCCCCCCC(O)C(COP(=O)([O-])OCC[N+](C)(C)C)NC(=O)CCC. The second-order valence-electron chi connectivity index (χ2n) is 15.0. The van der Waals surface area contributed by atoms with Gasteiger partial charge in [0, 0.05) is 6.42 Å². The van der Waals surface area contributed by atoms with E-state index in [0.717, 1.165) is 19.3 Å². The molecule has 8 nitrogen and oxygen atoms in total. The standard InChI is InChI=1S/C38H79N2O6P/c1-6-8-9-10-11-12-13-14-15-16-17-18-19-20-21-22-23-24-25-26-27-28-29-30-32-37(41)36(39-38(42)31-7-2)35-46-47(43,44)45-34-33-40(3,4)5/h36-37,41H,6-35H2,1-5H3,(H-,39,42,43,44). The highest BCUT2D eigenvalue weighted by Gasteiger charge is 2.24. The summed E-state index contributed by atoms with van der Waals surface area (Å²) in [5, 5.41) is 13.5. The average Bonchev–Trinajstić information content (AvgIpc) is 3.00. The average molecular weight is 691 g/mol. The molecule has 0 radical (unpaired) electrons. The number of amides is 1. The quantitative estimate of drug-likeness (QED) is 0.0385. The molecule has 0 fully saturated rings. The normalized spacial score (nSPS) is 14.6. The molecule has 3 unspecified atom stereocenters. The lowest BCUT2D eigenvalue weighted by atomic mass is 10.0. The third-order valence-electron chi connectivity index (χ3n) is 9.07. The molecule has 2 N–H and O–H groups in total. The number of aliphatic hydroxyl groups is 1. The number of phosphoric ester groups is 1. The van der Waals surface area contributed by atoms with Gasteiger partial charge in [-0.2, -0.15) is 0 Å². The number of phosphoric acid groups is 1. The molecule has 0 bridgehead atoms. The minimum absolute atomic E-state index is 0.0131. The van der Waals surface area contributed by atoms with Crippen molar-refractivity contribution in [3.63, 3.8) is 0 Å². The van der Waals surface area contributed by atoms with Gasteiger partial charge in [-0.05, 0) is 12.8 Å². The van der Waals surface area contributed by atoms with Gasteiger partial charge in [-0.25, -0.2) is 0 Å². The van der Waals surface area contributed by atoms with Crippen molar-refractivity contribution in [2.45, 2.75) is 199 Å². The van der Waals surface area contributed by atoms with Gasteiger partial charge in [0.15, 0.2) is 0 Å². The molecule has 47 heavy (non-hydrogen) atoms. The van der Waals surface area contributed by atoms with Gasteiger partial charge in [0.1, 0.15) is 13.2 Å². The first-order chi connectivity index (χ1) is 22.5. The van der Waals surface area contributed by atoms with Crippen LogP contribution in [0.4, 0.5) is 0 Å². The largest absolute Gasteiger partial charge is 0.756 e. The fourth-order valence-corrected chi connectivity index (χ4v) is 6.63. The van der Waals surface area contributed by atoms with Crippen molar-refractivity contribution in [3.8, 4) is 0 Å². The highest BCUT2D eigenvalue weighted by atomic mass is 31.2. The molecule has 0 aliphatic heterocycles. The smallest absolute Gasteiger partial charge is 0.268 e. The zero-order valence-corrected chi connectivity index (χ0v) is 32.6. The van der Waals surface area contributed by atoms with Crippen LogP contribution in [0.25, 0.3) is 0 Å². The van der Waals surface area contributed by atoms with Crippen LogP contribution >= 0.6 is 7.82 Å². The number of carbonyl (C=O) groups is 1. The van der Waals surface area contributed by atoms with Gasteiger partial charge in [-0.15, -0.1) is 0 Å². The molecule has 0 saturated heterocycles. The molecule has 0 aromatic carbocycles. The Labute approximate surface area is 291 Å². The van der Waals surface area contributed by atoms with Crippen LogP contribution in [0.1, 0.15) is 187 Å². The molecule has 0 aromatic heterocycles. The number of carbonyl (C=O) groups excluding carboxylic acids is 1. The molecular weight excluding hydrogens is 611 g/mol. The Morgan fingerprint density at radius 1 is 0.660 bits per heavy atom. The lowest BCUT2D eigenvalue weighted by Crippen LogP contribution is -2.46. The third-order valence-corrected chi connectivity index (χ3v) is 10.0. The van der Waals surface area contributed by atoms with Crippen LogP contribution in [0, 0.1) is 0 Å². The van der Waals surface area contributed by atoms with Crippen molar-refractivity contribution in [2.75, 3.05) is 40.9 Å². The fourth-order valence-electron chi connectivity index (χ4n) is 5.91. The van der Waals surface area contributed by atoms with E-state index in [-0.39, 0.29) is 19.1 Å². The van der Waals surface area contributed by atoms with Gasteiger partial charge in [-0.3, -0.25) is 9.36 Å². The Kier molecular flexibility index (Phi) is 31.1. The molecule has 1 amide bonds. The lowest BCUT2D eigenvalue weighted by molar-refractivity contribution is -0.870. The van der Waals surface area contributed by atoms with Crippen LogP contribution in [0.3, 0.4) is 0 Å². The van der Waals surface area contributed by atoms with E-state index in [4.69, 9.17) is 9.05 Å². The molecule has 3 atom stereocenters. The van der Waals surface area contributed by atoms with Crippen LogP contribution < -0.4 is 10.2 Å². The van der Waals surface area contributed by atoms with E-state index in [0.29, 0.717) is 30.3 Å². The lowest BCUT2D eigenvalue weighted by Gasteiger charge is -2.30. The second-order valence-corrected chi connectivity index (χ2v) is 16.4. The van der Waals surface area contributed by atoms with Crippen LogP contribution in [-0.4, -0.2) is 68.5 Å². The second kappa shape index (κ2) is 31.5. The molecule has 0 rings (SSSR count). The first-order valence-corrected chi connectivity index (χ1v) is 21.3. The van der Waals surface area contributed by atoms with E-state index in [9.17, 15) is 19.4 Å². The molecule has 9 heteroatoms. The molecule has 282 valence electrons. The van der Waals surface area contributed by atoms with E-state index in [1.165, 1.54) is 135 Å². The predicted octanol–water partition coefficient (Wildman–Crippen LogP) is 9.61. The topological polar surface area (TPSA) is 108 Å². The van der Waals surface area contributed by atoms with E-state index < -0.39 is 20.0 Å². The van der Waals surface area contributed by atoms with E-state index in [1.54, 1.807) is 0 Å². The van der Waals surface area contributed by atoms with Crippen molar-refractivity contribution >= 4 is 13.7 Å². The number of hydrogen-bond acceptors (Lipinski definition) is 6. The van der Waals surface area contributed by atoms with Gasteiger partial charge in [0.25, 0.3) is 7.82 Å². The van der Waals surface area contributed by atoms with Crippen molar-refractivity contribution in [1.82, 2.24) is 5.32 Å². The molecule has 0 heterocycles. The minimum Gasteiger partial charge on any atom is -0.756 e. The molecule has 0 aromatic rings. The summed E-state index contributed by atoms with van der Waals surface area (Å²) < 4.78 is 22.8. The molecule has 0 saturated carbocycles. The number of nitrogens with zero attached hydrogens (tertiary/aromatic N) is 1. The predicted molar refractivity (Wildman–Crippen MR) is 196 cm³/mol. The highest BCUT2D eigenvalue weighted by Crippen LogP contribution is 2.38. The monoisotopic (exact) mass is 691 g/mol. The first kappa shape index (κ1) is 46.5. The van der Waals surface area contributed by atoms with Crippen LogP contribution in [-0.2, 0) is 18.4 Å².